The Kier molecular flexibility index (Phi) is 8.40. The molecule has 0 bridgehead atoms. The normalized spacial score (nSPS) is 12.3. The number of carbonyl (C=O) groups excluding carboxylic acids is 2. The van der Waals surface area contributed by atoms with Gasteiger partial charge in [-0.05, 0) is 80.2 Å². The number of rotatable bonds is 4. The number of aryl methyl sites for hydroxylation is 4. The molecule has 4 nitrogen and oxygen atoms in total. The van der Waals surface area contributed by atoms with Gasteiger partial charge in [0.2, 0.25) is 6.41 Å². The van der Waals surface area contributed by atoms with Crippen molar-refractivity contribution in [3.63, 3.8) is 0 Å². The van der Waals surface area contributed by atoms with Gasteiger partial charge in [0.05, 0.1) is 0 Å². The Morgan fingerprint density at radius 2 is 1.85 bits per heavy atom. The maximum Gasteiger partial charge on any atom is 0.285 e. The Morgan fingerprint density at radius 3 is 2.52 bits per heavy atom. The van der Waals surface area contributed by atoms with Gasteiger partial charge in [-0.3, -0.25) is 14.9 Å². The fraction of sp³-hybridized carbons (Fsp3) is 0.364. The molecule has 5 heteroatoms. The number of hydrogen-bond acceptors (Lipinski definition) is 4. The maximum absolute atomic E-state index is 10.3. The number of amides is 2. The van der Waals surface area contributed by atoms with Crippen LogP contribution in [0.2, 0.25) is 0 Å². The van der Waals surface area contributed by atoms with Gasteiger partial charge in [-0.2, -0.15) is 0 Å². The van der Waals surface area contributed by atoms with Crippen molar-refractivity contribution in [2.45, 2.75) is 46.5 Å². The van der Waals surface area contributed by atoms with Crippen molar-refractivity contribution in [1.29, 1.82) is 0 Å². The molecule has 27 heavy (non-hydrogen) atoms. The van der Waals surface area contributed by atoms with Crippen molar-refractivity contribution in [2.24, 2.45) is 0 Å². The zero-order chi connectivity index (χ0) is 19.6. The standard InChI is InChI=1S/C18H20O.C4H7NO2S/c1-13-7-10-18(14(2)11-13)19-17-9-8-15-5-3-4-6-16(15)12-17;1-2-8-4(7)5-3-6/h7-12H,3-6H2,1-2H3;3H,2H2,1H3,(H,5,6,7). The van der Waals surface area contributed by atoms with Gasteiger partial charge in [-0.15, -0.1) is 0 Å². The molecule has 0 heterocycles. The van der Waals surface area contributed by atoms with Crippen LogP contribution in [0.1, 0.15) is 42.0 Å². The second-order valence-electron chi connectivity index (χ2n) is 6.49. The van der Waals surface area contributed by atoms with Crippen molar-refractivity contribution in [2.75, 3.05) is 5.75 Å². The summed E-state index contributed by atoms with van der Waals surface area (Å²) in [7, 11) is 0. The van der Waals surface area contributed by atoms with Gasteiger partial charge >= 0.3 is 0 Å². The lowest BCUT2D eigenvalue weighted by atomic mass is 9.92. The number of benzene rings is 2. The number of thioether (sulfide) groups is 1. The first-order valence-electron chi connectivity index (χ1n) is 9.27. The molecule has 1 aliphatic rings. The van der Waals surface area contributed by atoms with Crippen LogP contribution in [0.15, 0.2) is 36.4 Å². The molecule has 2 aromatic carbocycles. The summed E-state index contributed by atoms with van der Waals surface area (Å²) in [6.07, 6.45) is 5.42. The zero-order valence-corrected chi connectivity index (χ0v) is 17.0. The molecule has 2 amide bonds. The van der Waals surface area contributed by atoms with Gasteiger partial charge in [-0.1, -0.05) is 42.4 Å². The van der Waals surface area contributed by atoms with Gasteiger partial charge in [0.1, 0.15) is 11.5 Å². The molecule has 0 saturated heterocycles. The maximum atomic E-state index is 10.3. The van der Waals surface area contributed by atoms with E-state index < -0.39 is 0 Å². The molecule has 144 valence electrons. The predicted octanol–water partition coefficient (Wildman–Crippen LogP) is 5.58. The summed E-state index contributed by atoms with van der Waals surface area (Å²) in [5.74, 6) is 2.62. The molecule has 0 spiro atoms. The summed E-state index contributed by atoms with van der Waals surface area (Å²) in [4.78, 5) is 19.8. The molecule has 0 aliphatic heterocycles. The van der Waals surface area contributed by atoms with Crippen LogP contribution in [-0.4, -0.2) is 17.4 Å². The minimum absolute atomic E-state index is 0.289. The van der Waals surface area contributed by atoms with Crippen LogP contribution in [0.4, 0.5) is 4.79 Å². The number of fused-ring (bicyclic) bond motifs is 1. The third-order valence-corrected chi connectivity index (χ3v) is 5.00. The van der Waals surface area contributed by atoms with E-state index in [-0.39, 0.29) is 5.24 Å². The lowest BCUT2D eigenvalue weighted by Gasteiger charge is -2.17. The molecule has 0 radical (unpaired) electrons. The Morgan fingerprint density at radius 1 is 1.11 bits per heavy atom. The lowest BCUT2D eigenvalue weighted by Crippen LogP contribution is -2.15. The van der Waals surface area contributed by atoms with E-state index in [4.69, 9.17) is 4.74 Å². The molecule has 3 rings (SSSR count). The van der Waals surface area contributed by atoms with E-state index in [2.05, 4.69) is 50.2 Å². The van der Waals surface area contributed by atoms with Crippen molar-refractivity contribution in [3.8, 4) is 11.5 Å². The largest absolute Gasteiger partial charge is 0.457 e. The van der Waals surface area contributed by atoms with Crippen LogP contribution < -0.4 is 10.1 Å². The Labute approximate surface area is 165 Å². The molecule has 1 aliphatic carbocycles. The number of carbonyl (C=O) groups is 2. The number of ether oxygens (including phenoxy) is 1. The van der Waals surface area contributed by atoms with Crippen LogP contribution in [0.25, 0.3) is 0 Å². The fourth-order valence-electron chi connectivity index (χ4n) is 3.03. The molecule has 0 saturated carbocycles. The molecular weight excluding hydrogens is 358 g/mol. The lowest BCUT2D eigenvalue weighted by molar-refractivity contribution is -0.108. The van der Waals surface area contributed by atoms with Crippen LogP contribution >= 0.6 is 11.8 Å². The first-order chi connectivity index (χ1) is 13.0. The SMILES string of the molecule is CCSC(=O)NC=O.Cc1ccc(Oc2ccc3c(c2)CCCC3)c(C)c1. The van der Waals surface area contributed by atoms with E-state index >= 15 is 0 Å². The molecule has 0 aromatic heterocycles. The summed E-state index contributed by atoms with van der Waals surface area (Å²) in [6.45, 7) is 6.05. The van der Waals surface area contributed by atoms with Gasteiger partial charge in [0.15, 0.2) is 0 Å². The van der Waals surface area contributed by atoms with Crippen LogP contribution in [0.3, 0.4) is 0 Å². The van der Waals surface area contributed by atoms with Gasteiger partial charge in [0, 0.05) is 0 Å². The second kappa shape index (κ2) is 10.8. The monoisotopic (exact) mass is 385 g/mol. The smallest absolute Gasteiger partial charge is 0.285 e. The topological polar surface area (TPSA) is 55.4 Å². The Bertz CT molecular complexity index is 789. The fourth-order valence-corrected chi connectivity index (χ4v) is 3.43. The molecule has 0 fully saturated rings. The van der Waals surface area contributed by atoms with Crippen molar-refractivity contribution in [1.82, 2.24) is 5.32 Å². The molecule has 2 aromatic rings. The molecular formula is C22H27NO3S. The van der Waals surface area contributed by atoms with Crippen LogP contribution in [0.5, 0.6) is 11.5 Å². The van der Waals surface area contributed by atoms with Gasteiger partial charge in [-0.25, -0.2) is 0 Å². The summed E-state index contributed by atoms with van der Waals surface area (Å²) < 4.78 is 6.03. The molecule has 0 unspecified atom stereocenters. The highest BCUT2D eigenvalue weighted by atomic mass is 32.2. The second-order valence-corrected chi connectivity index (χ2v) is 7.73. The molecule has 1 N–H and O–H groups in total. The van der Waals surface area contributed by atoms with Crippen molar-refractivity contribution in [3.05, 3.63) is 58.7 Å². The first kappa shape index (κ1) is 21.0. The Balaban J connectivity index is 0.000000279. The summed E-state index contributed by atoms with van der Waals surface area (Å²) in [5, 5.41) is 1.70. The first-order valence-corrected chi connectivity index (χ1v) is 10.3. The van der Waals surface area contributed by atoms with Gasteiger partial charge < -0.3 is 4.74 Å². The average molecular weight is 386 g/mol. The van der Waals surface area contributed by atoms with Crippen molar-refractivity contribution < 1.29 is 14.3 Å². The number of nitrogens with one attached hydrogen (secondary N) is 1. The van der Waals surface area contributed by atoms with Crippen LogP contribution in [-0.2, 0) is 17.6 Å². The highest BCUT2D eigenvalue weighted by molar-refractivity contribution is 8.13. The average Bonchev–Trinajstić information content (AvgIpc) is 2.65. The highest BCUT2D eigenvalue weighted by Crippen LogP contribution is 2.30. The van der Waals surface area contributed by atoms with Gasteiger partial charge in [0.25, 0.3) is 5.24 Å². The minimum Gasteiger partial charge on any atom is -0.457 e. The summed E-state index contributed by atoms with van der Waals surface area (Å²) >= 11 is 1.07. The Hall–Kier alpha value is -2.27. The third-order valence-electron chi connectivity index (χ3n) is 4.33. The van der Waals surface area contributed by atoms with E-state index in [1.165, 1.54) is 47.9 Å². The summed E-state index contributed by atoms with van der Waals surface area (Å²) in [6, 6.07) is 12.9. The van der Waals surface area contributed by atoms with E-state index in [9.17, 15) is 9.59 Å². The number of hydrogen-bond donors (Lipinski definition) is 1. The number of imide groups is 1. The predicted molar refractivity (Wildman–Crippen MR) is 112 cm³/mol. The van der Waals surface area contributed by atoms with E-state index in [1.54, 1.807) is 0 Å². The quantitative estimate of drug-likeness (QED) is 0.698. The van der Waals surface area contributed by atoms with E-state index in [1.807, 2.05) is 12.2 Å². The van der Waals surface area contributed by atoms with E-state index in [0.717, 1.165) is 23.3 Å². The highest BCUT2D eigenvalue weighted by Gasteiger charge is 2.10. The van der Waals surface area contributed by atoms with Crippen LogP contribution in [0, 0.1) is 13.8 Å². The van der Waals surface area contributed by atoms with E-state index in [0.29, 0.717) is 12.2 Å². The minimum atomic E-state index is -0.289. The third kappa shape index (κ3) is 6.75. The zero-order valence-electron chi connectivity index (χ0n) is 16.2. The van der Waals surface area contributed by atoms with Crippen molar-refractivity contribution >= 4 is 23.4 Å². The molecule has 0 atom stereocenters. The summed E-state index contributed by atoms with van der Waals surface area (Å²) in [5.41, 5.74) is 5.43.